The molecular weight excluding hydrogens is 302 g/mol. The molecule has 5 heteroatoms. The van der Waals surface area contributed by atoms with Crippen molar-refractivity contribution in [3.63, 3.8) is 0 Å². The van der Waals surface area contributed by atoms with Gasteiger partial charge in [-0.2, -0.15) is 4.98 Å². The summed E-state index contributed by atoms with van der Waals surface area (Å²) < 4.78 is 10.5. The highest BCUT2D eigenvalue weighted by molar-refractivity contribution is 5.65. The van der Waals surface area contributed by atoms with Crippen LogP contribution in [0.1, 0.15) is 5.89 Å². The Morgan fingerprint density at radius 2 is 1.62 bits per heavy atom. The molecule has 0 bridgehead atoms. The summed E-state index contributed by atoms with van der Waals surface area (Å²) in [6.07, 6.45) is 1.58. The second kappa shape index (κ2) is 6.42. The van der Waals surface area contributed by atoms with Gasteiger partial charge in [0.2, 0.25) is 11.7 Å². The lowest BCUT2D eigenvalue weighted by Crippen LogP contribution is -1.99. The predicted molar refractivity (Wildman–Crippen MR) is 91.2 cm³/mol. The van der Waals surface area contributed by atoms with Gasteiger partial charge in [0.05, 0.1) is 12.8 Å². The number of nitrogens with zero attached hydrogens (tertiary/aromatic N) is 2. The number of benzene rings is 2. The van der Waals surface area contributed by atoms with Crippen LogP contribution in [0.5, 0.6) is 0 Å². The number of anilines is 1. The second-order valence-corrected chi connectivity index (χ2v) is 5.29. The van der Waals surface area contributed by atoms with Crippen molar-refractivity contribution in [3.05, 3.63) is 78.9 Å². The molecule has 4 rings (SSSR count). The summed E-state index contributed by atoms with van der Waals surface area (Å²) in [6.45, 7) is 0.457. The van der Waals surface area contributed by atoms with Crippen molar-refractivity contribution in [2.75, 3.05) is 5.32 Å². The maximum Gasteiger partial charge on any atom is 0.246 e. The topological polar surface area (TPSA) is 64.1 Å². The fraction of sp³-hybridized carbons (Fsp3) is 0.0526. The van der Waals surface area contributed by atoms with Gasteiger partial charge in [0.15, 0.2) is 5.76 Å². The van der Waals surface area contributed by atoms with Crippen LogP contribution in [0.4, 0.5) is 5.69 Å². The van der Waals surface area contributed by atoms with Crippen LogP contribution in [0.15, 0.2) is 81.9 Å². The standard InChI is InChI=1S/C19H15N3O2/c1-2-5-14(6-3-1)15-8-10-16(11-9-15)20-13-18-21-19(22-24-18)17-7-4-12-23-17/h1-12,20H,13H2. The van der Waals surface area contributed by atoms with E-state index >= 15 is 0 Å². The Balaban J connectivity index is 1.41. The lowest BCUT2D eigenvalue weighted by molar-refractivity contribution is 0.382. The van der Waals surface area contributed by atoms with Crippen molar-refractivity contribution in [1.29, 1.82) is 0 Å². The molecule has 0 aliphatic heterocycles. The molecule has 0 unspecified atom stereocenters. The first kappa shape index (κ1) is 14.3. The molecule has 0 atom stereocenters. The SMILES string of the molecule is c1ccc(-c2ccc(NCc3nc(-c4ccco4)no3)cc2)cc1. The molecule has 0 amide bonds. The molecule has 0 aliphatic rings. The van der Waals surface area contributed by atoms with Crippen molar-refractivity contribution >= 4 is 5.69 Å². The zero-order chi connectivity index (χ0) is 16.2. The number of hydrogen-bond acceptors (Lipinski definition) is 5. The maximum absolute atomic E-state index is 5.25. The van der Waals surface area contributed by atoms with Crippen LogP contribution in [-0.2, 0) is 6.54 Å². The van der Waals surface area contributed by atoms with E-state index in [1.54, 1.807) is 18.4 Å². The zero-order valence-electron chi connectivity index (χ0n) is 12.8. The van der Waals surface area contributed by atoms with E-state index in [1.807, 2.05) is 30.3 Å². The Morgan fingerprint density at radius 1 is 0.833 bits per heavy atom. The maximum atomic E-state index is 5.25. The van der Waals surface area contributed by atoms with Crippen LogP contribution in [-0.4, -0.2) is 10.1 Å². The fourth-order valence-electron chi connectivity index (χ4n) is 2.42. The smallest absolute Gasteiger partial charge is 0.246 e. The normalized spacial score (nSPS) is 10.7. The van der Waals surface area contributed by atoms with E-state index < -0.39 is 0 Å². The van der Waals surface area contributed by atoms with Crippen LogP contribution >= 0.6 is 0 Å². The minimum absolute atomic E-state index is 0.455. The summed E-state index contributed by atoms with van der Waals surface area (Å²) in [5.74, 6) is 1.56. The van der Waals surface area contributed by atoms with Crippen molar-refractivity contribution in [2.45, 2.75) is 6.54 Å². The zero-order valence-corrected chi connectivity index (χ0v) is 12.8. The summed E-state index contributed by atoms with van der Waals surface area (Å²) in [7, 11) is 0. The number of hydrogen-bond donors (Lipinski definition) is 1. The Bertz CT molecular complexity index is 897. The highest BCUT2D eigenvalue weighted by atomic mass is 16.5. The average molecular weight is 317 g/mol. The molecule has 0 saturated heterocycles. The van der Waals surface area contributed by atoms with Gasteiger partial charge in [0.1, 0.15) is 0 Å². The van der Waals surface area contributed by atoms with Gasteiger partial charge in [-0.15, -0.1) is 0 Å². The molecule has 0 radical (unpaired) electrons. The van der Waals surface area contributed by atoms with Crippen LogP contribution in [0.3, 0.4) is 0 Å². The average Bonchev–Trinajstić information content (AvgIpc) is 3.33. The second-order valence-electron chi connectivity index (χ2n) is 5.29. The van der Waals surface area contributed by atoms with Crippen LogP contribution in [0.25, 0.3) is 22.7 Å². The molecule has 24 heavy (non-hydrogen) atoms. The summed E-state index contributed by atoms with van der Waals surface area (Å²) in [6, 6.07) is 22.1. The van der Waals surface area contributed by atoms with Crippen molar-refractivity contribution in [3.8, 4) is 22.7 Å². The number of aromatic nitrogens is 2. The largest absolute Gasteiger partial charge is 0.461 e. The molecule has 2 aromatic carbocycles. The molecule has 0 saturated carbocycles. The third kappa shape index (κ3) is 3.05. The van der Waals surface area contributed by atoms with Crippen LogP contribution in [0.2, 0.25) is 0 Å². The van der Waals surface area contributed by atoms with Gasteiger partial charge in [-0.3, -0.25) is 0 Å². The Hall–Kier alpha value is -3.34. The summed E-state index contributed by atoms with van der Waals surface area (Å²) in [5.41, 5.74) is 3.37. The minimum atomic E-state index is 0.455. The van der Waals surface area contributed by atoms with E-state index in [0.29, 0.717) is 24.0 Å². The first-order valence-corrected chi connectivity index (χ1v) is 7.64. The highest BCUT2D eigenvalue weighted by Crippen LogP contribution is 2.21. The van der Waals surface area contributed by atoms with E-state index in [1.165, 1.54) is 11.1 Å². The minimum Gasteiger partial charge on any atom is -0.461 e. The summed E-state index contributed by atoms with van der Waals surface area (Å²) in [5, 5.41) is 7.18. The quantitative estimate of drug-likeness (QED) is 0.582. The molecule has 1 N–H and O–H groups in total. The Morgan fingerprint density at radius 3 is 2.38 bits per heavy atom. The molecule has 118 valence electrons. The van der Waals surface area contributed by atoms with Gasteiger partial charge in [0, 0.05) is 5.69 Å². The van der Waals surface area contributed by atoms with Gasteiger partial charge >= 0.3 is 0 Å². The molecule has 0 aliphatic carbocycles. The number of nitrogens with one attached hydrogen (secondary N) is 1. The predicted octanol–water partition coefficient (Wildman–Crippen LogP) is 4.61. The van der Waals surface area contributed by atoms with Crippen molar-refractivity contribution in [1.82, 2.24) is 10.1 Å². The Labute approximate surface area is 138 Å². The molecule has 5 nitrogen and oxygen atoms in total. The Kier molecular flexibility index (Phi) is 3.81. The van der Waals surface area contributed by atoms with Gasteiger partial charge in [0.25, 0.3) is 0 Å². The monoisotopic (exact) mass is 317 g/mol. The first-order valence-electron chi connectivity index (χ1n) is 7.64. The first-order chi connectivity index (χ1) is 11.9. The third-order valence-electron chi connectivity index (χ3n) is 3.65. The van der Waals surface area contributed by atoms with Crippen LogP contribution in [0, 0.1) is 0 Å². The van der Waals surface area contributed by atoms with Gasteiger partial charge in [-0.25, -0.2) is 0 Å². The number of furan rings is 1. The molecule has 0 fully saturated rings. The fourth-order valence-corrected chi connectivity index (χ4v) is 2.42. The van der Waals surface area contributed by atoms with E-state index in [0.717, 1.165) is 5.69 Å². The molecule has 2 aromatic heterocycles. The van der Waals surface area contributed by atoms with Gasteiger partial charge in [-0.05, 0) is 35.4 Å². The van der Waals surface area contributed by atoms with Crippen molar-refractivity contribution < 1.29 is 8.94 Å². The van der Waals surface area contributed by atoms with E-state index in [4.69, 9.17) is 8.94 Å². The third-order valence-corrected chi connectivity index (χ3v) is 3.65. The molecule has 4 aromatic rings. The van der Waals surface area contributed by atoms with Gasteiger partial charge < -0.3 is 14.3 Å². The van der Waals surface area contributed by atoms with Crippen molar-refractivity contribution in [2.24, 2.45) is 0 Å². The van der Waals surface area contributed by atoms with Gasteiger partial charge in [-0.1, -0.05) is 47.6 Å². The lowest BCUT2D eigenvalue weighted by Gasteiger charge is -2.05. The van der Waals surface area contributed by atoms with E-state index in [9.17, 15) is 0 Å². The van der Waals surface area contributed by atoms with E-state index in [2.05, 4.69) is 39.7 Å². The van der Waals surface area contributed by atoms with Crippen LogP contribution < -0.4 is 5.32 Å². The molecule has 0 spiro atoms. The molecule has 2 heterocycles. The summed E-state index contributed by atoms with van der Waals surface area (Å²) >= 11 is 0. The molecular formula is C19H15N3O2. The summed E-state index contributed by atoms with van der Waals surface area (Å²) in [4.78, 5) is 4.30. The lowest BCUT2D eigenvalue weighted by atomic mass is 10.1. The van der Waals surface area contributed by atoms with E-state index in [-0.39, 0.29) is 0 Å². The number of rotatable bonds is 5. The highest BCUT2D eigenvalue weighted by Gasteiger charge is 2.10.